The van der Waals surface area contributed by atoms with E-state index in [1.165, 1.54) is 5.56 Å². The lowest BCUT2D eigenvalue weighted by Gasteiger charge is -2.07. The highest BCUT2D eigenvalue weighted by atomic mass is 16.5. The predicted octanol–water partition coefficient (Wildman–Crippen LogP) is 2.11. The van der Waals surface area contributed by atoms with Gasteiger partial charge >= 0.3 is 0 Å². The Balaban J connectivity index is 2.78. The Morgan fingerprint density at radius 1 is 1.42 bits per heavy atom. The molecule has 1 aromatic rings. The smallest absolute Gasteiger partial charge is 0.0720 e. The summed E-state index contributed by atoms with van der Waals surface area (Å²) in [6.07, 6.45) is 0. The minimum Gasteiger partial charge on any atom is -0.399 e. The minimum atomic E-state index is 0.660. The third-order valence-corrected chi connectivity index (χ3v) is 1.95. The molecule has 0 radical (unpaired) electrons. The summed E-state index contributed by atoms with van der Waals surface area (Å²) in [4.78, 5) is 0. The van der Waals surface area contributed by atoms with Crippen LogP contribution in [-0.2, 0) is 11.3 Å². The molecule has 12 heavy (non-hydrogen) atoms. The molecule has 0 amide bonds. The Hall–Kier alpha value is -1.02. The number of hydrogen-bond acceptors (Lipinski definition) is 2. The molecule has 0 spiro atoms. The van der Waals surface area contributed by atoms with E-state index >= 15 is 0 Å². The predicted molar refractivity (Wildman–Crippen MR) is 50.9 cm³/mol. The highest BCUT2D eigenvalue weighted by molar-refractivity contribution is 5.49. The summed E-state index contributed by atoms with van der Waals surface area (Å²) in [7, 11) is 0. The molecule has 0 unspecified atom stereocenters. The Morgan fingerprint density at radius 2 is 2.17 bits per heavy atom. The zero-order valence-corrected chi connectivity index (χ0v) is 7.63. The van der Waals surface area contributed by atoms with Crippen LogP contribution >= 0.6 is 0 Å². The minimum absolute atomic E-state index is 0.660. The first kappa shape index (κ1) is 9.07. The van der Waals surface area contributed by atoms with E-state index in [2.05, 4.69) is 0 Å². The fourth-order valence-corrected chi connectivity index (χ4v) is 1.07. The van der Waals surface area contributed by atoms with Crippen molar-refractivity contribution in [3.8, 4) is 0 Å². The number of rotatable bonds is 3. The van der Waals surface area contributed by atoms with Gasteiger partial charge in [-0.15, -0.1) is 0 Å². The summed E-state index contributed by atoms with van der Waals surface area (Å²) in [5, 5.41) is 0. The van der Waals surface area contributed by atoms with Crippen molar-refractivity contribution in [3.63, 3.8) is 0 Å². The molecule has 0 aliphatic heterocycles. The SMILES string of the molecule is CCOCc1cccc(N)c1C. The van der Waals surface area contributed by atoms with Crippen molar-refractivity contribution in [3.05, 3.63) is 29.3 Å². The number of anilines is 1. The van der Waals surface area contributed by atoms with Gasteiger partial charge in [-0.05, 0) is 31.0 Å². The van der Waals surface area contributed by atoms with Crippen molar-refractivity contribution in [2.45, 2.75) is 20.5 Å². The molecule has 0 heterocycles. The van der Waals surface area contributed by atoms with Gasteiger partial charge in [-0.2, -0.15) is 0 Å². The average molecular weight is 165 g/mol. The summed E-state index contributed by atoms with van der Waals surface area (Å²) in [5.74, 6) is 0. The van der Waals surface area contributed by atoms with Crippen LogP contribution in [0.1, 0.15) is 18.1 Å². The lowest BCUT2D eigenvalue weighted by Crippen LogP contribution is -1.98. The van der Waals surface area contributed by atoms with Gasteiger partial charge in [-0.1, -0.05) is 12.1 Å². The van der Waals surface area contributed by atoms with Crippen molar-refractivity contribution in [2.24, 2.45) is 0 Å². The normalized spacial score (nSPS) is 10.2. The molecule has 0 saturated heterocycles. The molecule has 1 rings (SSSR count). The van der Waals surface area contributed by atoms with Crippen molar-refractivity contribution in [1.82, 2.24) is 0 Å². The van der Waals surface area contributed by atoms with Crippen LogP contribution < -0.4 is 5.73 Å². The van der Waals surface area contributed by atoms with Gasteiger partial charge < -0.3 is 10.5 Å². The summed E-state index contributed by atoms with van der Waals surface area (Å²) < 4.78 is 5.30. The second-order valence-corrected chi connectivity index (χ2v) is 2.77. The van der Waals surface area contributed by atoms with E-state index in [0.29, 0.717) is 6.61 Å². The fraction of sp³-hybridized carbons (Fsp3) is 0.400. The monoisotopic (exact) mass is 165 g/mol. The molecular weight excluding hydrogens is 150 g/mol. The van der Waals surface area contributed by atoms with Gasteiger partial charge in [0.15, 0.2) is 0 Å². The molecule has 0 fully saturated rings. The van der Waals surface area contributed by atoms with E-state index in [1.807, 2.05) is 32.0 Å². The van der Waals surface area contributed by atoms with Crippen LogP contribution in [0.5, 0.6) is 0 Å². The zero-order valence-electron chi connectivity index (χ0n) is 7.63. The summed E-state index contributed by atoms with van der Waals surface area (Å²) in [6.45, 7) is 5.41. The number of hydrogen-bond donors (Lipinski definition) is 1. The van der Waals surface area contributed by atoms with Gasteiger partial charge in [-0.3, -0.25) is 0 Å². The molecule has 2 heteroatoms. The quantitative estimate of drug-likeness (QED) is 0.696. The number of nitrogens with two attached hydrogens (primary N) is 1. The second kappa shape index (κ2) is 4.12. The Kier molecular flexibility index (Phi) is 3.11. The van der Waals surface area contributed by atoms with Crippen LogP contribution in [0.3, 0.4) is 0 Å². The van der Waals surface area contributed by atoms with Gasteiger partial charge in [0.1, 0.15) is 0 Å². The summed E-state index contributed by atoms with van der Waals surface area (Å²) in [6, 6.07) is 5.91. The maximum atomic E-state index is 5.74. The lowest BCUT2D eigenvalue weighted by molar-refractivity contribution is 0.133. The van der Waals surface area contributed by atoms with Crippen LogP contribution in [0.4, 0.5) is 5.69 Å². The topological polar surface area (TPSA) is 35.2 Å². The fourth-order valence-electron chi connectivity index (χ4n) is 1.07. The summed E-state index contributed by atoms with van der Waals surface area (Å²) >= 11 is 0. The van der Waals surface area contributed by atoms with Crippen LogP contribution in [0.15, 0.2) is 18.2 Å². The maximum Gasteiger partial charge on any atom is 0.0720 e. The van der Waals surface area contributed by atoms with Gasteiger partial charge in [0.05, 0.1) is 6.61 Å². The molecule has 1 aromatic carbocycles. The molecular formula is C10H15NO. The zero-order chi connectivity index (χ0) is 8.97. The molecule has 0 aliphatic rings. The van der Waals surface area contributed by atoms with Crippen LogP contribution in [-0.4, -0.2) is 6.61 Å². The standard InChI is InChI=1S/C10H15NO/c1-3-12-7-9-5-4-6-10(11)8(9)2/h4-6H,3,7,11H2,1-2H3. The highest BCUT2D eigenvalue weighted by Crippen LogP contribution is 2.15. The third-order valence-electron chi connectivity index (χ3n) is 1.95. The van der Waals surface area contributed by atoms with Gasteiger partial charge in [0.2, 0.25) is 0 Å². The Bertz CT molecular complexity index is 258. The molecule has 66 valence electrons. The molecule has 2 nitrogen and oxygen atoms in total. The largest absolute Gasteiger partial charge is 0.399 e. The lowest BCUT2D eigenvalue weighted by atomic mass is 10.1. The van der Waals surface area contributed by atoms with E-state index in [1.54, 1.807) is 0 Å². The van der Waals surface area contributed by atoms with Crippen molar-refractivity contribution < 1.29 is 4.74 Å². The van der Waals surface area contributed by atoms with Crippen LogP contribution in [0.25, 0.3) is 0 Å². The van der Waals surface area contributed by atoms with Gasteiger partial charge in [0.25, 0.3) is 0 Å². The van der Waals surface area contributed by atoms with Crippen molar-refractivity contribution >= 4 is 5.69 Å². The number of ether oxygens (including phenoxy) is 1. The van der Waals surface area contributed by atoms with E-state index in [4.69, 9.17) is 10.5 Å². The van der Waals surface area contributed by atoms with Gasteiger partial charge in [-0.25, -0.2) is 0 Å². The molecule has 0 saturated carbocycles. The summed E-state index contributed by atoms with van der Waals surface area (Å²) in [5.41, 5.74) is 8.88. The third kappa shape index (κ3) is 1.98. The van der Waals surface area contributed by atoms with E-state index in [0.717, 1.165) is 17.9 Å². The molecule has 2 N–H and O–H groups in total. The van der Waals surface area contributed by atoms with Crippen molar-refractivity contribution in [1.29, 1.82) is 0 Å². The van der Waals surface area contributed by atoms with E-state index < -0.39 is 0 Å². The first-order valence-corrected chi connectivity index (χ1v) is 4.17. The number of nitrogen functional groups attached to an aromatic ring is 1. The molecule has 0 aromatic heterocycles. The van der Waals surface area contributed by atoms with Crippen LogP contribution in [0.2, 0.25) is 0 Å². The van der Waals surface area contributed by atoms with Crippen molar-refractivity contribution in [2.75, 3.05) is 12.3 Å². The number of benzene rings is 1. The molecule has 0 bridgehead atoms. The van der Waals surface area contributed by atoms with E-state index in [9.17, 15) is 0 Å². The Labute approximate surface area is 73.3 Å². The maximum absolute atomic E-state index is 5.74. The van der Waals surface area contributed by atoms with E-state index in [-0.39, 0.29) is 0 Å². The average Bonchev–Trinajstić information content (AvgIpc) is 2.08. The molecule has 0 aliphatic carbocycles. The Morgan fingerprint density at radius 3 is 2.83 bits per heavy atom. The van der Waals surface area contributed by atoms with Crippen LogP contribution in [0, 0.1) is 6.92 Å². The van der Waals surface area contributed by atoms with Gasteiger partial charge in [0, 0.05) is 12.3 Å². The first-order chi connectivity index (χ1) is 5.75. The second-order valence-electron chi connectivity index (χ2n) is 2.77. The highest BCUT2D eigenvalue weighted by Gasteiger charge is 1.99. The molecule has 0 atom stereocenters. The first-order valence-electron chi connectivity index (χ1n) is 4.17.